The molecule has 0 amide bonds. The van der Waals surface area contributed by atoms with Crippen LogP contribution in [-0.4, -0.2) is 9.97 Å². The van der Waals surface area contributed by atoms with Gasteiger partial charge in [0.05, 0.1) is 5.69 Å². The Morgan fingerprint density at radius 3 is 2.33 bits per heavy atom. The van der Waals surface area contributed by atoms with Crippen molar-refractivity contribution in [3.8, 4) is 0 Å². The molecule has 0 saturated heterocycles. The van der Waals surface area contributed by atoms with Gasteiger partial charge in [-0.1, -0.05) is 62.7 Å². The molecule has 1 aromatic heterocycles. The van der Waals surface area contributed by atoms with Crippen molar-refractivity contribution in [3.05, 3.63) is 58.6 Å². The highest BCUT2D eigenvalue weighted by Gasteiger charge is 2.17. The molecule has 0 unspecified atom stereocenters. The van der Waals surface area contributed by atoms with Crippen LogP contribution in [0.4, 0.5) is 0 Å². The Kier molecular flexibility index (Phi) is 3.67. The van der Waals surface area contributed by atoms with Crippen LogP contribution in [0.1, 0.15) is 37.9 Å². The molecule has 3 heteroatoms. The van der Waals surface area contributed by atoms with Gasteiger partial charge in [-0.3, -0.25) is 0 Å². The lowest BCUT2D eigenvalue weighted by Gasteiger charge is -2.18. The zero-order valence-electron chi connectivity index (χ0n) is 10.9. The summed E-state index contributed by atoms with van der Waals surface area (Å²) < 4.78 is 0. The van der Waals surface area contributed by atoms with Crippen molar-refractivity contribution >= 4 is 11.6 Å². The summed E-state index contributed by atoms with van der Waals surface area (Å²) in [5, 5.41) is 0.515. The van der Waals surface area contributed by atoms with E-state index >= 15 is 0 Å². The summed E-state index contributed by atoms with van der Waals surface area (Å²) in [7, 11) is 0. The van der Waals surface area contributed by atoms with E-state index in [1.54, 1.807) is 0 Å². The molecule has 2 nitrogen and oxygen atoms in total. The van der Waals surface area contributed by atoms with Crippen LogP contribution < -0.4 is 0 Å². The summed E-state index contributed by atoms with van der Waals surface area (Å²) in [5.41, 5.74) is 2.16. The Bertz CT molecular complexity index is 530. The van der Waals surface area contributed by atoms with E-state index in [0.29, 0.717) is 11.6 Å². The quantitative estimate of drug-likeness (QED) is 0.763. The van der Waals surface area contributed by atoms with E-state index in [9.17, 15) is 0 Å². The zero-order valence-corrected chi connectivity index (χ0v) is 11.7. The third-order valence-electron chi connectivity index (χ3n) is 2.71. The first-order chi connectivity index (χ1) is 8.45. The van der Waals surface area contributed by atoms with Crippen LogP contribution in [0.3, 0.4) is 0 Å². The topological polar surface area (TPSA) is 25.8 Å². The SMILES string of the molecule is CC(C)(C)c1cc(Cl)nc(Cc2ccccc2)n1. The average molecular weight is 261 g/mol. The Hall–Kier alpha value is -1.41. The van der Waals surface area contributed by atoms with Crippen molar-refractivity contribution in [2.24, 2.45) is 0 Å². The van der Waals surface area contributed by atoms with E-state index < -0.39 is 0 Å². The fraction of sp³-hybridized carbons (Fsp3) is 0.333. The Morgan fingerprint density at radius 2 is 1.72 bits per heavy atom. The van der Waals surface area contributed by atoms with Gasteiger partial charge in [0.25, 0.3) is 0 Å². The molecule has 2 aromatic rings. The molecule has 1 heterocycles. The van der Waals surface area contributed by atoms with Crippen molar-refractivity contribution in [1.82, 2.24) is 9.97 Å². The summed E-state index contributed by atoms with van der Waals surface area (Å²) in [6.45, 7) is 6.37. The van der Waals surface area contributed by atoms with Crippen LogP contribution in [-0.2, 0) is 11.8 Å². The number of hydrogen-bond acceptors (Lipinski definition) is 2. The summed E-state index contributed by atoms with van der Waals surface area (Å²) in [6.07, 6.45) is 0.713. The van der Waals surface area contributed by atoms with E-state index in [-0.39, 0.29) is 5.41 Å². The van der Waals surface area contributed by atoms with Crippen LogP contribution in [0, 0.1) is 0 Å². The number of nitrogens with zero attached hydrogens (tertiary/aromatic N) is 2. The summed E-state index contributed by atoms with van der Waals surface area (Å²) in [6, 6.07) is 12.0. The van der Waals surface area contributed by atoms with Gasteiger partial charge in [-0.25, -0.2) is 9.97 Å². The molecule has 1 aromatic carbocycles. The molecule has 0 aliphatic rings. The second-order valence-corrected chi connectivity index (χ2v) is 5.79. The number of rotatable bonds is 2. The molecule has 0 N–H and O–H groups in total. The van der Waals surface area contributed by atoms with Crippen molar-refractivity contribution in [1.29, 1.82) is 0 Å². The molecule has 0 aliphatic carbocycles. The summed E-state index contributed by atoms with van der Waals surface area (Å²) in [4.78, 5) is 8.90. The first-order valence-corrected chi connectivity index (χ1v) is 6.41. The largest absolute Gasteiger partial charge is 0.237 e. The van der Waals surface area contributed by atoms with Gasteiger partial charge in [-0.15, -0.1) is 0 Å². The van der Waals surface area contributed by atoms with Crippen molar-refractivity contribution in [2.45, 2.75) is 32.6 Å². The highest BCUT2D eigenvalue weighted by atomic mass is 35.5. The first-order valence-electron chi connectivity index (χ1n) is 6.03. The molecule has 2 rings (SSSR count). The number of aromatic nitrogens is 2. The average Bonchev–Trinajstić information content (AvgIpc) is 2.28. The molecule has 0 saturated carbocycles. The Morgan fingerprint density at radius 1 is 1.06 bits per heavy atom. The van der Waals surface area contributed by atoms with Crippen LogP contribution in [0.5, 0.6) is 0 Å². The Balaban J connectivity index is 2.32. The molecule has 0 aliphatic heterocycles. The third kappa shape index (κ3) is 3.30. The number of hydrogen-bond donors (Lipinski definition) is 0. The van der Waals surface area contributed by atoms with Gasteiger partial charge >= 0.3 is 0 Å². The lowest BCUT2D eigenvalue weighted by Crippen LogP contribution is -2.15. The highest BCUT2D eigenvalue weighted by Crippen LogP contribution is 2.22. The van der Waals surface area contributed by atoms with Crippen LogP contribution in [0.2, 0.25) is 5.15 Å². The second kappa shape index (κ2) is 5.07. The maximum atomic E-state index is 6.07. The van der Waals surface area contributed by atoms with Crippen LogP contribution >= 0.6 is 11.6 Å². The van der Waals surface area contributed by atoms with Gasteiger partial charge in [0, 0.05) is 11.8 Å². The predicted octanol–water partition coefficient (Wildman–Crippen LogP) is 4.02. The molecule has 94 valence electrons. The van der Waals surface area contributed by atoms with Gasteiger partial charge in [0.15, 0.2) is 0 Å². The standard InChI is InChI=1S/C15H17ClN2/c1-15(2,3)12-10-13(16)18-14(17-12)9-11-7-5-4-6-8-11/h4-8,10H,9H2,1-3H3. The number of halogens is 1. The van der Waals surface area contributed by atoms with Crippen molar-refractivity contribution < 1.29 is 0 Å². The maximum Gasteiger partial charge on any atom is 0.134 e. The lowest BCUT2D eigenvalue weighted by atomic mass is 9.92. The normalized spacial score (nSPS) is 11.6. The van der Waals surface area contributed by atoms with Crippen molar-refractivity contribution in [2.75, 3.05) is 0 Å². The van der Waals surface area contributed by atoms with Crippen LogP contribution in [0.25, 0.3) is 0 Å². The smallest absolute Gasteiger partial charge is 0.134 e. The molecular formula is C15H17ClN2. The summed E-state index contributed by atoms with van der Waals surface area (Å²) in [5.74, 6) is 0.777. The number of benzene rings is 1. The third-order valence-corrected chi connectivity index (χ3v) is 2.91. The van der Waals surface area contributed by atoms with E-state index in [1.165, 1.54) is 5.56 Å². The minimum absolute atomic E-state index is 0.0159. The first kappa shape index (κ1) is 13.0. The molecule has 0 radical (unpaired) electrons. The monoisotopic (exact) mass is 260 g/mol. The molecule has 0 bridgehead atoms. The fourth-order valence-electron chi connectivity index (χ4n) is 1.71. The molecule has 18 heavy (non-hydrogen) atoms. The second-order valence-electron chi connectivity index (χ2n) is 5.40. The van der Waals surface area contributed by atoms with E-state index in [1.807, 2.05) is 24.3 Å². The maximum absolute atomic E-state index is 6.07. The van der Waals surface area contributed by atoms with Gasteiger partial charge < -0.3 is 0 Å². The zero-order chi connectivity index (χ0) is 13.2. The summed E-state index contributed by atoms with van der Waals surface area (Å²) >= 11 is 6.07. The van der Waals surface area contributed by atoms with Gasteiger partial charge in [0.1, 0.15) is 11.0 Å². The van der Waals surface area contributed by atoms with E-state index in [4.69, 9.17) is 11.6 Å². The van der Waals surface area contributed by atoms with Crippen molar-refractivity contribution in [3.63, 3.8) is 0 Å². The highest BCUT2D eigenvalue weighted by molar-refractivity contribution is 6.29. The van der Waals surface area contributed by atoms with E-state index in [0.717, 1.165) is 11.5 Å². The van der Waals surface area contributed by atoms with Crippen LogP contribution in [0.15, 0.2) is 36.4 Å². The van der Waals surface area contributed by atoms with E-state index in [2.05, 4.69) is 42.9 Å². The molecule has 0 fully saturated rings. The van der Waals surface area contributed by atoms with Gasteiger partial charge in [-0.2, -0.15) is 0 Å². The molecule has 0 spiro atoms. The lowest BCUT2D eigenvalue weighted by molar-refractivity contribution is 0.563. The van der Waals surface area contributed by atoms with Gasteiger partial charge in [-0.05, 0) is 11.6 Å². The minimum atomic E-state index is -0.0159. The minimum Gasteiger partial charge on any atom is -0.237 e. The Labute approximate surface area is 113 Å². The fourth-order valence-corrected chi connectivity index (χ4v) is 1.91. The predicted molar refractivity (Wildman–Crippen MR) is 75.0 cm³/mol. The molecule has 0 atom stereocenters. The molecular weight excluding hydrogens is 244 g/mol. The van der Waals surface area contributed by atoms with Gasteiger partial charge in [0.2, 0.25) is 0 Å².